The highest BCUT2D eigenvalue weighted by Crippen LogP contribution is 2.32. The number of amides is 1. The van der Waals surface area contributed by atoms with Gasteiger partial charge in [0.2, 0.25) is 0 Å². The summed E-state index contributed by atoms with van der Waals surface area (Å²) in [7, 11) is 1.47. The Morgan fingerprint density at radius 2 is 1.94 bits per heavy atom. The van der Waals surface area contributed by atoms with Crippen molar-refractivity contribution in [3.05, 3.63) is 57.1 Å². The Balaban J connectivity index is 1.51. The lowest BCUT2D eigenvalue weighted by Crippen LogP contribution is -2.37. The van der Waals surface area contributed by atoms with Crippen LogP contribution in [0.2, 0.25) is 5.02 Å². The van der Waals surface area contributed by atoms with Gasteiger partial charge in [-0.05, 0) is 37.5 Å². The fourth-order valence-electron chi connectivity index (χ4n) is 3.61. The number of nitro groups is 1. The molecule has 1 saturated heterocycles. The summed E-state index contributed by atoms with van der Waals surface area (Å²) in [6.07, 6.45) is 0.966. The number of carbonyl (C=O) groups is 2. The number of rotatable bonds is 7. The molecule has 0 saturated carbocycles. The fourth-order valence-corrected chi connectivity index (χ4v) is 3.77. The van der Waals surface area contributed by atoms with Gasteiger partial charge in [0, 0.05) is 30.2 Å². The first-order chi connectivity index (χ1) is 15.3. The maximum Gasteiger partial charge on any atom is 0.309 e. The van der Waals surface area contributed by atoms with Crippen molar-refractivity contribution in [3.8, 4) is 5.75 Å². The molecule has 0 spiro atoms. The van der Waals surface area contributed by atoms with Crippen molar-refractivity contribution in [1.82, 2.24) is 0 Å². The van der Waals surface area contributed by atoms with Gasteiger partial charge in [-0.1, -0.05) is 23.7 Å². The number of nitrogens with one attached hydrogen (secondary N) is 1. The zero-order valence-corrected chi connectivity index (χ0v) is 18.6. The first-order valence-electron chi connectivity index (χ1n) is 10.1. The molecule has 3 rings (SSSR count). The predicted octanol–water partition coefficient (Wildman–Crippen LogP) is 3.96. The van der Waals surface area contributed by atoms with Crippen LogP contribution in [0, 0.1) is 23.0 Å². The van der Waals surface area contributed by atoms with Crippen molar-refractivity contribution in [1.29, 1.82) is 0 Å². The van der Waals surface area contributed by atoms with Crippen molar-refractivity contribution in [2.24, 2.45) is 5.92 Å². The molecule has 1 fully saturated rings. The maximum atomic E-state index is 12.4. The second kappa shape index (κ2) is 10.3. The molecule has 1 aliphatic rings. The van der Waals surface area contributed by atoms with Crippen LogP contribution in [0.4, 0.5) is 17.1 Å². The first-order valence-corrected chi connectivity index (χ1v) is 10.5. The van der Waals surface area contributed by atoms with Crippen LogP contribution >= 0.6 is 11.6 Å². The highest BCUT2D eigenvalue weighted by atomic mass is 35.5. The lowest BCUT2D eigenvalue weighted by molar-refractivity contribution is -0.384. The van der Waals surface area contributed by atoms with Gasteiger partial charge in [-0.3, -0.25) is 19.7 Å². The Bertz CT molecular complexity index is 1020. The van der Waals surface area contributed by atoms with Gasteiger partial charge in [0.1, 0.15) is 11.4 Å². The molecule has 0 aromatic heterocycles. The molecule has 170 valence electrons. The molecule has 2 aromatic rings. The summed E-state index contributed by atoms with van der Waals surface area (Å²) in [4.78, 5) is 37.4. The van der Waals surface area contributed by atoms with Gasteiger partial charge in [0.05, 0.1) is 23.6 Å². The van der Waals surface area contributed by atoms with E-state index in [0.717, 1.165) is 5.56 Å². The van der Waals surface area contributed by atoms with Crippen LogP contribution in [0.1, 0.15) is 18.4 Å². The molecule has 1 aliphatic heterocycles. The molecule has 32 heavy (non-hydrogen) atoms. The quantitative estimate of drug-likeness (QED) is 0.377. The number of halogens is 1. The third-order valence-electron chi connectivity index (χ3n) is 5.35. The summed E-state index contributed by atoms with van der Waals surface area (Å²) in [5.41, 5.74) is 1.78. The van der Waals surface area contributed by atoms with E-state index in [2.05, 4.69) is 5.32 Å². The molecule has 9 nitrogen and oxygen atoms in total. The number of methoxy groups -OCH3 is 1. The van der Waals surface area contributed by atoms with Crippen molar-refractivity contribution in [2.45, 2.75) is 19.8 Å². The maximum absolute atomic E-state index is 12.4. The van der Waals surface area contributed by atoms with Gasteiger partial charge >= 0.3 is 5.97 Å². The van der Waals surface area contributed by atoms with E-state index in [9.17, 15) is 19.7 Å². The Hall–Kier alpha value is -3.33. The Morgan fingerprint density at radius 1 is 1.25 bits per heavy atom. The second-order valence-electron chi connectivity index (χ2n) is 7.46. The van der Waals surface area contributed by atoms with Crippen LogP contribution in [0.15, 0.2) is 36.4 Å². The Morgan fingerprint density at radius 3 is 2.59 bits per heavy atom. The van der Waals surface area contributed by atoms with Crippen LogP contribution < -0.4 is 15.0 Å². The number of piperidine rings is 1. The number of para-hydroxylation sites is 2. The van der Waals surface area contributed by atoms with Crippen LogP contribution in [-0.4, -0.2) is 43.6 Å². The molecule has 0 bridgehead atoms. The minimum Gasteiger partial charge on any atom is -0.495 e. The van der Waals surface area contributed by atoms with E-state index in [1.54, 1.807) is 37.3 Å². The standard InChI is InChI=1S/C22H24ClN3O6/c1-14-11-17(20(31-2)12-16(14)23)24-21(27)13-32-22(28)15-7-9-25(10-8-15)18-5-3-4-6-19(18)26(29)30/h3-6,11-12,15H,7-10,13H2,1-2H3,(H,24,27). The topological polar surface area (TPSA) is 111 Å². The van der Waals surface area contributed by atoms with Crippen LogP contribution in [0.3, 0.4) is 0 Å². The van der Waals surface area contributed by atoms with E-state index in [1.165, 1.54) is 13.2 Å². The summed E-state index contributed by atoms with van der Waals surface area (Å²) < 4.78 is 10.4. The van der Waals surface area contributed by atoms with Crippen LogP contribution in [-0.2, 0) is 14.3 Å². The molecular weight excluding hydrogens is 438 g/mol. The number of hydrogen-bond donors (Lipinski definition) is 1. The van der Waals surface area contributed by atoms with Crippen LogP contribution in [0.25, 0.3) is 0 Å². The van der Waals surface area contributed by atoms with Gasteiger partial charge in [-0.15, -0.1) is 0 Å². The van der Waals surface area contributed by atoms with Gasteiger partial charge < -0.3 is 19.7 Å². The first kappa shape index (κ1) is 23.3. The predicted molar refractivity (Wildman–Crippen MR) is 120 cm³/mol. The number of anilines is 2. The number of hydrogen-bond acceptors (Lipinski definition) is 7. The molecule has 2 aromatic carbocycles. The number of ether oxygens (including phenoxy) is 2. The average molecular weight is 462 g/mol. The SMILES string of the molecule is COc1cc(Cl)c(C)cc1NC(=O)COC(=O)C1CCN(c2ccccc2[N+](=O)[O-])CC1. The van der Waals surface area contributed by atoms with E-state index in [-0.39, 0.29) is 11.6 Å². The summed E-state index contributed by atoms with van der Waals surface area (Å²) in [5.74, 6) is -0.908. The second-order valence-corrected chi connectivity index (χ2v) is 7.87. The summed E-state index contributed by atoms with van der Waals surface area (Å²) in [6.45, 7) is 2.35. The average Bonchev–Trinajstić information content (AvgIpc) is 2.79. The zero-order valence-electron chi connectivity index (χ0n) is 17.8. The monoisotopic (exact) mass is 461 g/mol. The van der Waals surface area contributed by atoms with E-state index in [0.29, 0.717) is 48.1 Å². The Kier molecular flexibility index (Phi) is 7.53. The number of nitro benzene ring substituents is 1. The van der Waals surface area contributed by atoms with Crippen molar-refractivity contribution in [2.75, 3.05) is 37.0 Å². The Labute approximate surface area is 190 Å². The highest BCUT2D eigenvalue weighted by Gasteiger charge is 2.29. The van der Waals surface area contributed by atoms with Crippen molar-refractivity contribution < 1.29 is 24.0 Å². The summed E-state index contributed by atoms with van der Waals surface area (Å²) in [6, 6.07) is 9.82. The van der Waals surface area contributed by atoms with E-state index in [1.807, 2.05) is 4.90 Å². The number of benzene rings is 2. The number of nitrogens with zero attached hydrogens (tertiary/aromatic N) is 2. The van der Waals surface area contributed by atoms with Crippen molar-refractivity contribution >= 4 is 40.5 Å². The third-order valence-corrected chi connectivity index (χ3v) is 5.75. The molecule has 1 heterocycles. The number of carbonyl (C=O) groups excluding carboxylic acids is 2. The minimum atomic E-state index is -0.490. The molecule has 0 atom stereocenters. The molecular formula is C22H24ClN3O6. The van der Waals surface area contributed by atoms with Gasteiger partial charge in [0.25, 0.3) is 11.6 Å². The molecule has 0 radical (unpaired) electrons. The lowest BCUT2D eigenvalue weighted by Gasteiger charge is -2.32. The third kappa shape index (κ3) is 5.47. The van der Waals surface area contributed by atoms with Gasteiger partial charge in [0.15, 0.2) is 6.61 Å². The zero-order chi connectivity index (χ0) is 23.3. The molecule has 1 N–H and O–H groups in total. The molecule has 10 heteroatoms. The highest BCUT2D eigenvalue weighted by molar-refractivity contribution is 6.31. The van der Waals surface area contributed by atoms with E-state index in [4.69, 9.17) is 21.1 Å². The largest absolute Gasteiger partial charge is 0.495 e. The van der Waals surface area contributed by atoms with E-state index >= 15 is 0 Å². The van der Waals surface area contributed by atoms with Crippen molar-refractivity contribution in [3.63, 3.8) is 0 Å². The number of aryl methyl sites for hydroxylation is 1. The smallest absolute Gasteiger partial charge is 0.309 e. The normalized spacial score (nSPS) is 14.0. The molecule has 1 amide bonds. The minimum absolute atomic E-state index is 0.0399. The lowest BCUT2D eigenvalue weighted by atomic mass is 9.96. The van der Waals surface area contributed by atoms with E-state index < -0.39 is 23.4 Å². The van der Waals surface area contributed by atoms with Crippen LogP contribution in [0.5, 0.6) is 5.75 Å². The number of esters is 1. The summed E-state index contributed by atoms with van der Waals surface area (Å²) >= 11 is 6.06. The summed E-state index contributed by atoms with van der Waals surface area (Å²) in [5, 5.41) is 14.4. The molecule has 0 aliphatic carbocycles. The van der Waals surface area contributed by atoms with Gasteiger partial charge in [-0.2, -0.15) is 0 Å². The van der Waals surface area contributed by atoms with Gasteiger partial charge in [-0.25, -0.2) is 0 Å². The fraction of sp³-hybridized carbons (Fsp3) is 0.364. The molecule has 0 unspecified atom stereocenters.